The van der Waals surface area contributed by atoms with Gasteiger partial charge in [0.15, 0.2) is 0 Å². The first-order chi connectivity index (χ1) is 8.88. The molecule has 2 rings (SSSR count). The molecule has 3 nitrogen and oxygen atoms in total. The molecule has 5 heteroatoms. The monoisotopic (exact) mass is 271 g/mol. The fourth-order valence-electron chi connectivity index (χ4n) is 2.74. The summed E-state index contributed by atoms with van der Waals surface area (Å²) in [5, 5.41) is 10.7. The van der Waals surface area contributed by atoms with Crippen LogP contribution < -0.4 is 0 Å². The summed E-state index contributed by atoms with van der Waals surface area (Å²) in [6, 6.07) is 2.77. The molecule has 0 radical (unpaired) electrons. The summed E-state index contributed by atoms with van der Waals surface area (Å²) in [7, 11) is 0. The van der Waals surface area contributed by atoms with Crippen LogP contribution in [-0.2, 0) is 10.5 Å². The van der Waals surface area contributed by atoms with Crippen LogP contribution in [0.25, 0.3) is 0 Å². The van der Waals surface area contributed by atoms with Gasteiger partial charge in [0.2, 0.25) is 5.79 Å². The van der Waals surface area contributed by atoms with E-state index in [4.69, 9.17) is 4.74 Å². The summed E-state index contributed by atoms with van der Waals surface area (Å²) < 4.78 is 32.1. The number of hydrogen-bond acceptors (Lipinski definition) is 3. The lowest BCUT2D eigenvalue weighted by atomic mass is 9.94. The van der Waals surface area contributed by atoms with Gasteiger partial charge >= 0.3 is 0 Å². The Kier molecular flexibility index (Phi) is 3.90. The molecule has 1 fully saturated rings. The van der Waals surface area contributed by atoms with Gasteiger partial charge in [-0.05, 0) is 32.5 Å². The normalized spacial score (nSPS) is 32.5. The number of likely N-dealkylation sites (N-methyl/N-ethyl adjacent to an activating group) is 1. The zero-order valence-corrected chi connectivity index (χ0v) is 11.4. The van der Waals surface area contributed by atoms with E-state index in [2.05, 4.69) is 0 Å². The Labute approximate surface area is 111 Å². The molecule has 0 spiro atoms. The maximum absolute atomic E-state index is 13.3. The van der Waals surface area contributed by atoms with Crippen LogP contribution in [0.3, 0.4) is 0 Å². The van der Waals surface area contributed by atoms with Crippen LogP contribution in [-0.4, -0.2) is 35.2 Å². The van der Waals surface area contributed by atoms with Gasteiger partial charge in [0.1, 0.15) is 11.6 Å². The van der Waals surface area contributed by atoms with Gasteiger partial charge in [-0.1, -0.05) is 6.92 Å². The third-order valence-corrected chi connectivity index (χ3v) is 3.82. The number of nitrogens with zero attached hydrogens (tertiary/aromatic N) is 1. The standard InChI is InChI=1S/C14H19F2NO2/c1-4-17-9(2)8-19-14(18,10(17)3)11-5-12(15)7-13(16)6-11/h5-7,9-10,18H,4,8H2,1-3H3. The zero-order chi connectivity index (χ0) is 14.2. The van der Waals surface area contributed by atoms with Crippen molar-refractivity contribution in [2.24, 2.45) is 0 Å². The van der Waals surface area contributed by atoms with E-state index in [9.17, 15) is 13.9 Å². The lowest BCUT2D eigenvalue weighted by Gasteiger charge is -2.48. The second-order valence-electron chi connectivity index (χ2n) is 5.02. The zero-order valence-electron chi connectivity index (χ0n) is 11.4. The van der Waals surface area contributed by atoms with Gasteiger partial charge in [-0.15, -0.1) is 0 Å². The van der Waals surface area contributed by atoms with E-state index in [1.165, 1.54) is 0 Å². The molecule has 1 aromatic rings. The number of hydrogen-bond donors (Lipinski definition) is 1. The lowest BCUT2D eigenvalue weighted by molar-refractivity contribution is -0.286. The Morgan fingerprint density at radius 1 is 1.32 bits per heavy atom. The Bertz CT molecular complexity index is 449. The molecule has 1 N–H and O–H groups in total. The molecular weight excluding hydrogens is 252 g/mol. The minimum atomic E-state index is -1.69. The first kappa shape index (κ1) is 14.4. The largest absolute Gasteiger partial charge is 0.361 e. The number of benzene rings is 1. The third-order valence-electron chi connectivity index (χ3n) is 3.82. The number of ether oxygens (including phenoxy) is 1. The average Bonchev–Trinajstić information content (AvgIpc) is 2.34. The molecule has 1 aromatic carbocycles. The van der Waals surface area contributed by atoms with Crippen LogP contribution in [0.5, 0.6) is 0 Å². The van der Waals surface area contributed by atoms with Crippen LogP contribution in [0.15, 0.2) is 18.2 Å². The van der Waals surface area contributed by atoms with Crippen molar-refractivity contribution in [3.05, 3.63) is 35.4 Å². The highest BCUT2D eigenvalue weighted by atomic mass is 19.1. The first-order valence-corrected chi connectivity index (χ1v) is 6.47. The molecular formula is C14H19F2NO2. The Morgan fingerprint density at radius 3 is 2.42 bits per heavy atom. The van der Waals surface area contributed by atoms with Crippen LogP contribution in [0.4, 0.5) is 8.78 Å². The smallest absolute Gasteiger partial charge is 0.208 e. The van der Waals surface area contributed by atoms with E-state index in [0.717, 1.165) is 24.7 Å². The molecule has 106 valence electrons. The maximum Gasteiger partial charge on any atom is 0.208 e. The van der Waals surface area contributed by atoms with Gasteiger partial charge in [-0.25, -0.2) is 8.78 Å². The van der Waals surface area contributed by atoms with E-state index in [-0.39, 0.29) is 17.6 Å². The number of aliphatic hydroxyl groups is 1. The minimum Gasteiger partial charge on any atom is -0.361 e. The first-order valence-electron chi connectivity index (χ1n) is 6.47. The van der Waals surface area contributed by atoms with Crippen molar-refractivity contribution < 1.29 is 18.6 Å². The van der Waals surface area contributed by atoms with Crippen LogP contribution in [0.1, 0.15) is 26.3 Å². The van der Waals surface area contributed by atoms with Crippen molar-refractivity contribution in [3.8, 4) is 0 Å². The van der Waals surface area contributed by atoms with Gasteiger partial charge in [0.05, 0.1) is 12.6 Å². The highest BCUT2D eigenvalue weighted by molar-refractivity contribution is 5.24. The predicted molar refractivity (Wildman–Crippen MR) is 67.5 cm³/mol. The topological polar surface area (TPSA) is 32.7 Å². The number of halogens is 2. The molecule has 0 aliphatic carbocycles. The van der Waals surface area contributed by atoms with E-state index in [0.29, 0.717) is 6.61 Å². The number of rotatable bonds is 2. The molecule has 0 amide bonds. The van der Waals surface area contributed by atoms with Gasteiger partial charge in [-0.2, -0.15) is 0 Å². The maximum atomic E-state index is 13.3. The average molecular weight is 271 g/mol. The summed E-state index contributed by atoms with van der Waals surface area (Å²) >= 11 is 0. The van der Waals surface area contributed by atoms with E-state index >= 15 is 0 Å². The second kappa shape index (κ2) is 5.15. The number of morpholine rings is 1. The summed E-state index contributed by atoms with van der Waals surface area (Å²) in [6.45, 7) is 6.80. The van der Waals surface area contributed by atoms with Crippen molar-refractivity contribution in [3.63, 3.8) is 0 Å². The summed E-state index contributed by atoms with van der Waals surface area (Å²) in [5.74, 6) is -3.13. The molecule has 1 heterocycles. The molecule has 0 bridgehead atoms. The minimum absolute atomic E-state index is 0.114. The van der Waals surface area contributed by atoms with Crippen molar-refractivity contribution in [1.82, 2.24) is 4.90 Å². The molecule has 3 unspecified atom stereocenters. The summed E-state index contributed by atoms with van der Waals surface area (Å²) in [5.41, 5.74) is 0.114. The van der Waals surface area contributed by atoms with Gasteiger partial charge in [0.25, 0.3) is 0 Å². The van der Waals surface area contributed by atoms with E-state index < -0.39 is 17.4 Å². The second-order valence-corrected chi connectivity index (χ2v) is 5.02. The van der Waals surface area contributed by atoms with Crippen molar-refractivity contribution in [2.45, 2.75) is 38.6 Å². The lowest BCUT2D eigenvalue weighted by Crippen LogP contribution is -2.59. The van der Waals surface area contributed by atoms with Gasteiger partial charge in [0, 0.05) is 17.7 Å². The van der Waals surface area contributed by atoms with E-state index in [1.807, 2.05) is 18.7 Å². The van der Waals surface area contributed by atoms with Crippen molar-refractivity contribution in [1.29, 1.82) is 0 Å². The van der Waals surface area contributed by atoms with Crippen molar-refractivity contribution >= 4 is 0 Å². The van der Waals surface area contributed by atoms with Gasteiger partial charge in [-0.3, -0.25) is 4.90 Å². The molecule has 3 atom stereocenters. The third kappa shape index (κ3) is 2.50. The quantitative estimate of drug-likeness (QED) is 0.895. The summed E-state index contributed by atoms with van der Waals surface area (Å²) in [6.07, 6.45) is 0. The van der Waals surface area contributed by atoms with Crippen LogP contribution in [0.2, 0.25) is 0 Å². The molecule has 0 aromatic heterocycles. The van der Waals surface area contributed by atoms with Crippen molar-refractivity contribution in [2.75, 3.05) is 13.2 Å². The fourth-order valence-corrected chi connectivity index (χ4v) is 2.74. The Hall–Kier alpha value is -1.04. The summed E-state index contributed by atoms with van der Waals surface area (Å²) in [4.78, 5) is 2.05. The SMILES string of the molecule is CCN1C(C)COC(O)(c2cc(F)cc(F)c2)C1C. The van der Waals surface area contributed by atoms with E-state index in [1.54, 1.807) is 6.92 Å². The van der Waals surface area contributed by atoms with Gasteiger partial charge < -0.3 is 9.84 Å². The van der Waals surface area contributed by atoms with Crippen LogP contribution >= 0.6 is 0 Å². The molecule has 0 saturated carbocycles. The highest BCUT2D eigenvalue weighted by Gasteiger charge is 2.45. The predicted octanol–water partition coefficient (Wildman–Crippen LogP) is 2.24. The Balaban J connectivity index is 2.40. The van der Waals surface area contributed by atoms with Crippen LogP contribution in [0, 0.1) is 11.6 Å². The highest BCUT2D eigenvalue weighted by Crippen LogP contribution is 2.35. The Morgan fingerprint density at radius 2 is 1.89 bits per heavy atom. The molecule has 1 saturated heterocycles. The fraction of sp³-hybridized carbons (Fsp3) is 0.571. The molecule has 1 aliphatic rings. The molecule has 19 heavy (non-hydrogen) atoms. The molecule has 1 aliphatic heterocycles.